The molecule has 6 heterocycles. The number of hydrogen-bond donors (Lipinski definition) is 0. The van der Waals surface area contributed by atoms with Crippen LogP contribution in [0, 0.1) is 17.1 Å². The molecule has 2 aliphatic heterocycles. The van der Waals surface area contributed by atoms with Gasteiger partial charge in [-0.1, -0.05) is 39.3 Å². The van der Waals surface area contributed by atoms with Gasteiger partial charge in [-0.3, -0.25) is 14.0 Å². The number of halogens is 1. The number of ether oxygens (including phenoxy) is 1. The third-order valence-electron chi connectivity index (χ3n) is 9.65. The Hall–Kier alpha value is -5.35. The van der Waals surface area contributed by atoms with E-state index in [1.165, 1.54) is 16.7 Å². The number of benzene rings is 2. The third-order valence-corrected chi connectivity index (χ3v) is 9.65. The smallest absolute Gasteiger partial charge is 0.420 e. The number of pyridine rings is 1. The minimum Gasteiger partial charge on any atom is -0.420 e. The van der Waals surface area contributed by atoms with Crippen LogP contribution in [0.2, 0.25) is 0 Å². The van der Waals surface area contributed by atoms with E-state index in [2.05, 4.69) is 17.1 Å². The molecule has 1 atom stereocenters. The molecular formula is C36H34FN7O5. The Morgan fingerprint density at radius 2 is 1.86 bits per heavy atom. The highest BCUT2D eigenvalue weighted by molar-refractivity contribution is 6.02. The molecule has 1 unspecified atom stereocenters. The van der Waals surface area contributed by atoms with E-state index >= 15 is 0 Å². The number of hydrogen-bond acceptors (Lipinski definition) is 9. The van der Waals surface area contributed by atoms with E-state index in [1.54, 1.807) is 22.9 Å². The van der Waals surface area contributed by atoms with Crippen molar-refractivity contribution in [2.24, 2.45) is 0 Å². The van der Waals surface area contributed by atoms with E-state index in [9.17, 15) is 14.0 Å². The zero-order valence-corrected chi connectivity index (χ0v) is 27.5. The van der Waals surface area contributed by atoms with Gasteiger partial charge in [0.15, 0.2) is 11.2 Å². The summed E-state index contributed by atoms with van der Waals surface area (Å²) in [6.45, 7) is 8.07. The molecule has 13 heteroatoms. The van der Waals surface area contributed by atoms with Crippen LogP contribution < -0.4 is 11.3 Å². The third kappa shape index (κ3) is 5.18. The van der Waals surface area contributed by atoms with Gasteiger partial charge in [-0.25, -0.2) is 18.9 Å². The minimum atomic E-state index is -0.658. The summed E-state index contributed by atoms with van der Waals surface area (Å²) in [5, 5.41) is 18.3. The highest BCUT2D eigenvalue weighted by Crippen LogP contribution is 2.43. The fourth-order valence-electron chi connectivity index (χ4n) is 7.07. The Morgan fingerprint density at radius 1 is 1.04 bits per heavy atom. The van der Waals surface area contributed by atoms with Gasteiger partial charge in [-0.2, -0.15) is 5.26 Å². The van der Waals surface area contributed by atoms with Crippen LogP contribution in [0.25, 0.3) is 44.7 Å². The molecule has 0 amide bonds. The van der Waals surface area contributed by atoms with Gasteiger partial charge in [0.25, 0.3) is 5.56 Å². The summed E-state index contributed by atoms with van der Waals surface area (Å²) in [4.78, 5) is 32.4. The van der Waals surface area contributed by atoms with Crippen molar-refractivity contribution in [1.29, 1.82) is 5.26 Å². The van der Waals surface area contributed by atoms with Crippen LogP contribution in [0.5, 0.6) is 0 Å². The standard InChI is InChI=1S/C36H34FN7O5/c1-4-11-36(19-47-36)12-10-25-29(33-41-40-32(49-33)20(2)3)28(30-31(39-25)43-13-5-14-44(43)34(30)45)22-8-9-26-27(16-22)48-35(46)42(26)18-21-6-7-23(17-38)24(37)15-21/h6-9,15-16,20H,4-5,10-14,18-19H2,1-3H3. The first kappa shape index (κ1) is 31.0. The van der Waals surface area contributed by atoms with Gasteiger partial charge in [-0.05, 0) is 61.1 Å². The lowest BCUT2D eigenvalue weighted by Gasteiger charge is -2.16. The van der Waals surface area contributed by atoms with Crippen molar-refractivity contribution in [3.05, 3.63) is 85.8 Å². The molecule has 0 aliphatic carbocycles. The maximum absolute atomic E-state index is 14.4. The average molecular weight is 664 g/mol. The zero-order valence-electron chi connectivity index (χ0n) is 27.5. The number of oxazole rings is 1. The van der Waals surface area contributed by atoms with Gasteiger partial charge < -0.3 is 13.6 Å². The summed E-state index contributed by atoms with van der Waals surface area (Å²) in [5.74, 6) is -0.563. The van der Waals surface area contributed by atoms with Crippen LogP contribution in [0.15, 0.2) is 54.8 Å². The van der Waals surface area contributed by atoms with E-state index in [0.717, 1.165) is 31.4 Å². The fraction of sp³-hybridized carbons (Fsp3) is 0.389. The van der Waals surface area contributed by atoms with Crippen molar-refractivity contribution in [3.8, 4) is 28.7 Å². The second kappa shape index (κ2) is 11.7. The first-order valence-electron chi connectivity index (χ1n) is 16.7. The lowest BCUT2D eigenvalue weighted by Crippen LogP contribution is -2.16. The zero-order chi connectivity index (χ0) is 34.0. The highest BCUT2D eigenvalue weighted by Gasteiger charge is 2.43. The maximum atomic E-state index is 14.4. The van der Waals surface area contributed by atoms with Crippen LogP contribution in [0.3, 0.4) is 0 Å². The molecule has 6 aromatic rings. The van der Waals surface area contributed by atoms with Gasteiger partial charge in [-0.15, -0.1) is 10.2 Å². The summed E-state index contributed by atoms with van der Waals surface area (Å²) in [7, 11) is 0. The molecule has 2 aromatic carbocycles. The molecule has 1 fully saturated rings. The molecule has 0 N–H and O–H groups in total. The largest absolute Gasteiger partial charge is 0.420 e. The Bertz CT molecular complexity index is 2440. The van der Waals surface area contributed by atoms with Crippen molar-refractivity contribution in [1.82, 2.24) is 29.1 Å². The maximum Gasteiger partial charge on any atom is 0.420 e. The molecule has 0 bridgehead atoms. The van der Waals surface area contributed by atoms with Crippen molar-refractivity contribution in [3.63, 3.8) is 0 Å². The number of epoxide rings is 1. The Morgan fingerprint density at radius 3 is 2.57 bits per heavy atom. The molecule has 250 valence electrons. The van der Waals surface area contributed by atoms with Gasteiger partial charge >= 0.3 is 5.76 Å². The molecule has 12 nitrogen and oxygen atoms in total. The molecule has 0 radical (unpaired) electrons. The van der Waals surface area contributed by atoms with Crippen LogP contribution in [-0.2, 0) is 30.8 Å². The Labute approximate surface area is 279 Å². The van der Waals surface area contributed by atoms with Crippen LogP contribution in [-0.4, -0.2) is 41.3 Å². The predicted octanol–water partition coefficient (Wildman–Crippen LogP) is 5.91. The van der Waals surface area contributed by atoms with Gasteiger partial charge in [0.1, 0.15) is 11.9 Å². The SMILES string of the molecule is CCCC1(CCc2nc3c(c(-c4ccc5c(c4)oc(=O)n5Cc4ccc(C#N)c(F)c4)c2-c2nnc(C(C)C)o2)c(=O)n2n3CCC2)CO1. The lowest BCUT2D eigenvalue weighted by molar-refractivity contribution is 0.272. The molecular weight excluding hydrogens is 629 g/mol. The quantitative estimate of drug-likeness (QED) is 0.163. The van der Waals surface area contributed by atoms with Gasteiger partial charge in [0.05, 0.1) is 46.5 Å². The highest BCUT2D eigenvalue weighted by atomic mass is 19.1. The van der Waals surface area contributed by atoms with Crippen LogP contribution in [0.1, 0.15) is 75.1 Å². The second-order valence-corrected chi connectivity index (χ2v) is 13.3. The summed E-state index contributed by atoms with van der Waals surface area (Å²) in [6, 6.07) is 11.4. The van der Waals surface area contributed by atoms with Crippen molar-refractivity contribution < 1.29 is 18.0 Å². The first-order chi connectivity index (χ1) is 23.7. The van der Waals surface area contributed by atoms with Crippen molar-refractivity contribution >= 4 is 22.1 Å². The second-order valence-electron chi connectivity index (χ2n) is 13.3. The minimum absolute atomic E-state index is 0.0172. The number of nitrogens with zero attached hydrogens (tertiary/aromatic N) is 7. The molecule has 8 rings (SSSR count). The molecule has 2 aliphatic rings. The van der Waals surface area contributed by atoms with Gasteiger partial charge in [0.2, 0.25) is 11.8 Å². The number of rotatable bonds is 10. The number of aromatic nitrogens is 6. The first-order valence-corrected chi connectivity index (χ1v) is 16.7. The molecule has 49 heavy (non-hydrogen) atoms. The predicted molar refractivity (Wildman–Crippen MR) is 178 cm³/mol. The summed E-state index contributed by atoms with van der Waals surface area (Å²) in [6.07, 6.45) is 4.08. The van der Waals surface area contributed by atoms with Gasteiger partial charge in [0, 0.05) is 24.6 Å². The van der Waals surface area contributed by atoms with Crippen LogP contribution >= 0.6 is 0 Å². The molecule has 0 saturated carbocycles. The topological polar surface area (TPSA) is 150 Å². The normalized spacial score (nSPS) is 17.0. The van der Waals surface area contributed by atoms with E-state index in [1.807, 2.05) is 30.7 Å². The summed E-state index contributed by atoms with van der Waals surface area (Å²) < 4.78 is 37.4. The number of nitriles is 1. The Kier molecular flexibility index (Phi) is 7.37. The Balaban J connectivity index is 1.33. The van der Waals surface area contributed by atoms with Crippen molar-refractivity contribution in [2.75, 3.05) is 6.61 Å². The number of fused-ring (bicyclic) bond motifs is 4. The summed E-state index contributed by atoms with van der Waals surface area (Å²) >= 11 is 0. The molecule has 0 spiro atoms. The molecule has 1 saturated heterocycles. The van der Waals surface area contributed by atoms with E-state index in [0.29, 0.717) is 76.4 Å². The average Bonchev–Trinajstić information content (AvgIpc) is 3.45. The fourth-order valence-corrected chi connectivity index (χ4v) is 7.07. The van der Waals surface area contributed by atoms with E-state index < -0.39 is 11.6 Å². The monoisotopic (exact) mass is 663 g/mol. The summed E-state index contributed by atoms with van der Waals surface area (Å²) in [5.41, 5.74) is 3.96. The van der Waals surface area contributed by atoms with Crippen LogP contribution in [0.4, 0.5) is 4.39 Å². The van der Waals surface area contributed by atoms with Crippen molar-refractivity contribution in [2.45, 2.75) is 84.0 Å². The van der Waals surface area contributed by atoms with E-state index in [-0.39, 0.29) is 35.1 Å². The number of aryl methyl sites for hydroxylation is 2. The molecule has 4 aromatic heterocycles. The lowest BCUT2D eigenvalue weighted by atomic mass is 9.91. The van der Waals surface area contributed by atoms with E-state index in [4.69, 9.17) is 23.8 Å².